The largest absolute Gasteiger partial charge is 0.312 e. The van der Waals surface area contributed by atoms with E-state index in [2.05, 4.69) is 47.8 Å². The van der Waals surface area contributed by atoms with E-state index < -0.39 is 0 Å². The minimum atomic E-state index is 0.486. The number of halogens is 3. The van der Waals surface area contributed by atoms with E-state index in [4.69, 9.17) is 34.8 Å². The van der Waals surface area contributed by atoms with Crippen molar-refractivity contribution in [1.29, 1.82) is 0 Å². The lowest BCUT2D eigenvalue weighted by atomic mass is 10.0. The third kappa shape index (κ3) is 4.38. The molecule has 0 atom stereocenters. The van der Waals surface area contributed by atoms with E-state index >= 15 is 0 Å². The number of nitrogens with one attached hydrogen (secondary N) is 1. The molecule has 0 bridgehead atoms. The average Bonchev–Trinajstić information content (AvgIpc) is 2.59. The van der Waals surface area contributed by atoms with Crippen LogP contribution >= 0.6 is 46.6 Å². The standard InChI is InChI=1S/C19H16Cl3NS/c20-16-10-18(22)19(11-17(16)21)24-9-8-23-12-14-6-3-5-13-4-1-2-7-15(13)14/h1-7,10-11,23H,8-9,12H2. The normalized spacial score (nSPS) is 11.1. The first-order chi connectivity index (χ1) is 11.6. The second-order valence-corrected chi connectivity index (χ2v) is 7.72. The number of rotatable bonds is 6. The van der Waals surface area contributed by atoms with Crippen LogP contribution in [-0.2, 0) is 6.54 Å². The van der Waals surface area contributed by atoms with Crippen LogP contribution in [0.3, 0.4) is 0 Å². The number of hydrogen-bond acceptors (Lipinski definition) is 2. The maximum Gasteiger partial charge on any atom is 0.0607 e. The summed E-state index contributed by atoms with van der Waals surface area (Å²) in [5.74, 6) is 0.905. The van der Waals surface area contributed by atoms with Gasteiger partial charge in [-0.1, -0.05) is 77.3 Å². The van der Waals surface area contributed by atoms with Gasteiger partial charge in [-0.15, -0.1) is 11.8 Å². The third-order valence-corrected chi connectivity index (χ3v) is 5.91. The first kappa shape index (κ1) is 17.9. The summed E-state index contributed by atoms with van der Waals surface area (Å²) >= 11 is 19.9. The van der Waals surface area contributed by atoms with E-state index in [9.17, 15) is 0 Å². The Morgan fingerprint density at radius 2 is 1.58 bits per heavy atom. The van der Waals surface area contributed by atoms with Crippen molar-refractivity contribution in [3.8, 4) is 0 Å². The van der Waals surface area contributed by atoms with Crippen LogP contribution in [0.15, 0.2) is 59.5 Å². The van der Waals surface area contributed by atoms with Crippen molar-refractivity contribution in [2.75, 3.05) is 12.3 Å². The minimum Gasteiger partial charge on any atom is -0.312 e. The zero-order valence-corrected chi connectivity index (χ0v) is 15.9. The molecule has 0 saturated carbocycles. The molecule has 0 saturated heterocycles. The molecule has 0 amide bonds. The molecule has 0 unspecified atom stereocenters. The van der Waals surface area contributed by atoms with E-state index in [-0.39, 0.29) is 0 Å². The van der Waals surface area contributed by atoms with Crippen molar-refractivity contribution in [3.63, 3.8) is 0 Å². The lowest BCUT2D eigenvalue weighted by Gasteiger charge is -2.09. The fraction of sp³-hybridized carbons (Fsp3) is 0.158. The molecule has 24 heavy (non-hydrogen) atoms. The van der Waals surface area contributed by atoms with Gasteiger partial charge in [0.25, 0.3) is 0 Å². The van der Waals surface area contributed by atoms with Gasteiger partial charge in [-0.25, -0.2) is 0 Å². The van der Waals surface area contributed by atoms with Crippen molar-refractivity contribution in [2.24, 2.45) is 0 Å². The van der Waals surface area contributed by atoms with Gasteiger partial charge in [-0.05, 0) is 28.5 Å². The quantitative estimate of drug-likeness (QED) is 0.283. The second kappa shape index (κ2) is 8.46. The summed E-state index contributed by atoms with van der Waals surface area (Å²) < 4.78 is 0. The van der Waals surface area contributed by atoms with Crippen LogP contribution in [0, 0.1) is 0 Å². The van der Waals surface area contributed by atoms with E-state index in [1.165, 1.54) is 16.3 Å². The van der Waals surface area contributed by atoms with Crippen LogP contribution in [0.4, 0.5) is 0 Å². The van der Waals surface area contributed by atoms with Crippen molar-refractivity contribution < 1.29 is 0 Å². The molecule has 124 valence electrons. The molecule has 5 heteroatoms. The Bertz CT molecular complexity index is 846. The van der Waals surface area contributed by atoms with Crippen LogP contribution in [0.25, 0.3) is 10.8 Å². The Balaban J connectivity index is 1.53. The average molecular weight is 397 g/mol. The first-order valence-electron chi connectivity index (χ1n) is 7.60. The summed E-state index contributed by atoms with van der Waals surface area (Å²) in [4.78, 5) is 0.957. The van der Waals surface area contributed by atoms with Crippen LogP contribution in [0.1, 0.15) is 5.56 Å². The highest BCUT2D eigenvalue weighted by Gasteiger charge is 2.06. The lowest BCUT2D eigenvalue weighted by molar-refractivity contribution is 0.736. The smallest absolute Gasteiger partial charge is 0.0607 e. The predicted molar refractivity (Wildman–Crippen MR) is 108 cm³/mol. The molecule has 3 aromatic rings. The Kier molecular flexibility index (Phi) is 6.31. The Morgan fingerprint density at radius 3 is 2.46 bits per heavy atom. The molecular weight excluding hydrogens is 381 g/mol. The monoisotopic (exact) mass is 395 g/mol. The molecule has 3 aromatic carbocycles. The summed E-state index contributed by atoms with van der Waals surface area (Å²) in [6, 6.07) is 18.4. The molecule has 0 aliphatic rings. The number of thioether (sulfide) groups is 1. The molecule has 0 aliphatic carbocycles. The van der Waals surface area contributed by atoms with Crippen molar-refractivity contribution in [3.05, 3.63) is 75.2 Å². The van der Waals surface area contributed by atoms with E-state index in [0.717, 1.165) is 23.7 Å². The van der Waals surface area contributed by atoms with E-state index in [1.807, 2.05) is 6.07 Å². The van der Waals surface area contributed by atoms with E-state index in [1.54, 1.807) is 17.8 Å². The van der Waals surface area contributed by atoms with Crippen LogP contribution < -0.4 is 5.32 Å². The molecular formula is C19H16Cl3NS. The van der Waals surface area contributed by atoms with Gasteiger partial charge in [-0.2, -0.15) is 0 Å². The zero-order valence-electron chi connectivity index (χ0n) is 12.9. The van der Waals surface area contributed by atoms with Gasteiger partial charge < -0.3 is 5.32 Å². The first-order valence-corrected chi connectivity index (χ1v) is 9.72. The lowest BCUT2D eigenvalue weighted by Crippen LogP contribution is -2.16. The fourth-order valence-electron chi connectivity index (χ4n) is 2.52. The maximum atomic E-state index is 6.19. The summed E-state index contributed by atoms with van der Waals surface area (Å²) in [7, 11) is 0. The number of fused-ring (bicyclic) bond motifs is 1. The molecule has 1 N–H and O–H groups in total. The minimum absolute atomic E-state index is 0.486. The molecule has 0 radical (unpaired) electrons. The van der Waals surface area contributed by atoms with Gasteiger partial charge in [0.05, 0.1) is 15.1 Å². The topological polar surface area (TPSA) is 12.0 Å². The highest BCUT2D eigenvalue weighted by molar-refractivity contribution is 7.99. The summed E-state index contributed by atoms with van der Waals surface area (Å²) in [5.41, 5.74) is 1.31. The molecule has 0 fully saturated rings. The van der Waals surface area contributed by atoms with Crippen LogP contribution in [-0.4, -0.2) is 12.3 Å². The van der Waals surface area contributed by atoms with Crippen LogP contribution in [0.2, 0.25) is 15.1 Å². The highest BCUT2D eigenvalue weighted by atomic mass is 35.5. The second-order valence-electron chi connectivity index (χ2n) is 5.36. The van der Waals surface area contributed by atoms with Gasteiger partial charge in [-0.3, -0.25) is 0 Å². The molecule has 0 aliphatic heterocycles. The van der Waals surface area contributed by atoms with Crippen molar-refractivity contribution >= 4 is 57.3 Å². The highest BCUT2D eigenvalue weighted by Crippen LogP contribution is 2.34. The summed E-state index contributed by atoms with van der Waals surface area (Å²) in [6.45, 7) is 1.72. The molecule has 1 nitrogen and oxygen atoms in total. The number of benzene rings is 3. The summed E-state index contributed by atoms with van der Waals surface area (Å²) in [5, 5.41) is 7.72. The maximum absolute atomic E-state index is 6.19. The van der Waals surface area contributed by atoms with Crippen molar-refractivity contribution in [2.45, 2.75) is 11.4 Å². The van der Waals surface area contributed by atoms with Gasteiger partial charge >= 0.3 is 0 Å². The van der Waals surface area contributed by atoms with Gasteiger partial charge in [0, 0.05) is 23.7 Å². The van der Waals surface area contributed by atoms with Gasteiger partial charge in [0.1, 0.15) is 0 Å². The predicted octanol–water partition coefficient (Wildman–Crippen LogP) is 6.68. The third-order valence-electron chi connectivity index (χ3n) is 3.71. The van der Waals surface area contributed by atoms with E-state index in [0.29, 0.717) is 15.1 Å². The Labute approximate surface area is 161 Å². The molecule has 0 heterocycles. The van der Waals surface area contributed by atoms with Crippen molar-refractivity contribution in [1.82, 2.24) is 5.32 Å². The van der Waals surface area contributed by atoms with Crippen LogP contribution in [0.5, 0.6) is 0 Å². The molecule has 0 aromatic heterocycles. The van der Waals surface area contributed by atoms with Gasteiger partial charge in [0.15, 0.2) is 0 Å². The summed E-state index contributed by atoms with van der Waals surface area (Å²) in [6.07, 6.45) is 0. The molecule has 3 rings (SSSR count). The Hall–Kier alpha value is -0.900. The number of hydrogen-bond donors (Lipinski definition) is 1. The zero-order chi connectivity index (χ0) is 16.9. The fourth-order valence-corrected chi connectivity index (χ4v) is 4.16. The van der Waals surface area contributed by atoms with Gasteiger partial charge in [0.2, 0.25) is 0 Å². The SMILES string of the molecule is Clc1cc(Cl)c(SCCNCc2cccc3ccccc23)cc1Cl. The molecule has 0 spiro atoms. The Morgan fingerprint density at radius 1 is 0.833 bits per heavy atom.